The van der Waals surface area contributed by atoms with Crippen LogP contribution in [0, 0.1) is 6.92 Å². The van der Waals surface area contributed by atoms with Gasteiger partial charge in [0.05, 0.1) is 22.2 Å². The fraction of sp³-hybridized carbons (Fsp3) is 0.500. The van der Waals surface area contributed by atoms with Crippen LogP contribution in [0.25, 0.3) is 10.2 Å². The molecule has 1 aliphatic heterocycles. The molecule has 112 valence electrons. The van der Waals surface area contributed by atoms with Crippen molar-refractivity contribution in [3.63, 3.8) is 0 Å². The molecule has 0 aromatic carbocycles. The summed E-state index contributed by atoms with van der Waals surface area (Å²) in [6, 6.07) is 0. The van der Waals surface area contributed by atoms with Gasteiger partial charge in [-0.1, -0.05) is 0 Å². The Morgan fingerprint density at radius 1 is 1.48 bits per heavy atom. The zero-order valence-electron chi connectivity index (χ0n) is 12.0. The quantitative estimate of drug-likeness (QED) is 0.831. The summed E-state index contributed by atoms with van der Waals surface area (Å²) in [5.41, 5.74) is -0.217. The highest BCUT2D eigenvalue weighted by molar-refractivity contribution is 7.20. The van der Waals surface area contributed by atoms with E-state index in [-0.39, 0.29) is 11.5 Å². The summed E-state index contributed by atoms with van der Waals surface area (Å²) < 4.78 is 0. The molecule has 0 bridgehead atoms. The van der Waals surface area contributed by atoms with Gasteiger partial charge in [0.15, 0.2) is 0 Å². The Morgan fingerprint density at radius 3 is 2.76 bits per heavy atom. The number of likely N-dealkylation sites (tertiary alicyclic amines) is 1. The second kappa shape index (κ2) is 4.92. The van der Waals surface area contributed by atoms with Crippen LogP contribution in [-0.4, -0.2) is 44.6 Å². The van der Waals surface area contributed by atoms with Gasteiger partial charge in [0.2, 0.25) is 0 Å². The molecule has 0 spiro atoms. The minimum Gasteiger partial charge on any atom is -0.390 e. The Balaban J connectivity index is 1.94. The molecule has 7 heteroatoms. The van der Waals surface area contributed by atoms with E-state index in [1.165, 1.54) is 17.7 Å². The summed E-state index contributed by atoms with van der Waals surface area (Å²) in [6.45, 7) is 4.64. The lowest BCUT2D eigenvalue weighted by Gasteiger charge is -2.35. The zero-order chi connectivity index (χ0) is 15.2. The number of nitrogens with one attached hydrogen (secondary N) is 1. The van der Waals surface area contributed by atoms with Gasteiger partial charge in [0.25, 0.3) is 11.5 Å². The van der Waals surface area contributed by atoms with Crippen molar-refractivity contribution in [2.75, 3.05) is 13.1 Å². The van der Waals surface area contributed by atoms with E-state index >= 15 is 0 Å². The molecule has 2 aromatic heterocycles. The van der Waals surface area contributed by atoms with Crippen molar-refractivity contribution in [2.45, 2.75) is 32.3 Å². The number of amides is 1. The van der Waals surface area contributed by atoms with Crippen LogP contribution >= 0.6 is 11.3 Å². The molecule has 2 N–H and O–H groups in total. The number of H-pyrrole nitrogens is 1. The van der Waals surface area contributed by atoms with Crippen LogP contribution in [0.2, 0.25) is 0 Å². The number of aromatic nitrogens is 2. The van der Waals surface area contributed by atoms with E-state index in [4.69, 9.17) is 0 Å². The number of aliphatic hydroxyl groups is 1. The van der Waals surface area contributed by atoms with Gasteiger partial charge in [-0.25, -0.2) is 4.98 Å². The third kappa shape index (κ3) is 2.47. The number of nitrogens with zero attached hydrogens (tertiary/aromatic N) is 2. The fourth-order valence-electron chi connectivity index (χ4n) is 2.62. The molecule has 0 unspecified atom stereocenters. The Hall–Kier alpha value is -1.73. The van der Waals surface area contributed by atoms with Crippen molar-refractivity contribution in [1.82, 2.24) is 14.9 Å². The summed E-state index contributed by atoms with van der Waals surface area (Å²) >= 11 is 1.25. The molecule has 1 saturated heterocycles. The first-order valence-electron chi connectivity index (χ1n) is 6.87. The normalized spacial score (nSPS) is 18.1. The number of hydrogen-bond acceptors (Lipinski definition) is 5. The van der Waals surface area contributed by atoms with Crippen molar-refractivity contribution in [2.24, 2.45) is 0 Å². The molecule has 6 nitrogen and oxygen atoms in total. The predicted molar refractivity (Wildman–Crippen MR) is 80.7 cm³/mol. The van der Waals surface area contributed by atoms with Gasteiger partial charge in [-0.15, -0.1) is 11.3 Å². The SMILES string of the molecule is Cc1c(C(=O)N2CCC(C)(O)CC2)sc2nc[nH]c(=O)c12. The first-order chi connectivity index (χ1) is 9.89. The van der Waals surface area contributed by atoms with Gasteiger partial charge < -0.3 is 15.0 Å². The topological polar surface area (TPSA) is 86.3 Å². The van der Waals surface area contributed by atoms with Gasteiger partial charge >= 0.3 is 0 Å². The molecule has 0 radical (unpaired) electrons. The van der Waals surface area contributed by atoms with Crippen LogP contribution in [0.15, 0.2) is 11.1 Å². The highest BCUT2D eigenvalue weighted by Crippen LogP contribution is 2.29. The van der Waals surface area contributed by atoms with Crippen molar-refractivity contribution in [3.8, 4) is 0 Å². The van der Waals surface area contributed by atoms with Crippen LogP contribution in [0.4, 0.5) is 0 Å². The average Bonchev–Trinajstić information content (AvgIpc) is 2.77. The largest absolute Gasteiger partial charge is 0.390 e. The molecular formula is C14H17N3O3S. The van der Waals surface area contributed by atoms with Crippen molar-refractivity contribution in [3.05, 3.63) is 27.1 Å². The number of piperidine rings is 1. The second-order valence-corrected chi connectivity index (χ2v) is 6.76. The van der Waals surface area contributed by atoms with Crippen LogP contribution in [0.3, 0.4) is 0 Å². The Kier molecular flexibility index (Phi) is 3.33. The molecule has 1 aliphatic rings. The molecule has 2 aromatic rings. The maximum atomic E-state index is 12.6. The first kappa shape index (κ1) is 14.2. The highest BCUT2D eigenvalue weighted by Gasteiger charge is 2.31. The summed E-state index contributed by atoms with van der Waals surface area (Å²) in [5.74, 6) is -0.0783. The van der Waals surface area contributed by atoms with Crippen LogP contribution < -0.4 is 5.56 Å². The first-order valence-corrected chi connectivity index (χ1v) is 7.69. The number of carbonyl (C=O) groups is 1. The summed E-state index contributed by atoms with van der Waals surface area (Å²) in [6.07, 6.45) is 2.50. The molecule has 0 atom stereocenters. The number of aromatic amines is 1. The highest BCUT2D eigenvalue weighted by atomic mass is 32.1. The molecular weight excluding hydrogens is 290 g/mol. The lowest BCUT2D eigenvalue weighted by molar-refractivity contribution is -0.00189. The van der Waals surface area contributed by atoms with E-state index in [9.17, 15) is 14.7 Å². The maximum Gasteiger partial charge on any atom is 0.264 e. The van der Waals surface area contributed by atoms with Gasteiger partial charge in [-0.05, 0) is 32.3 Å². The summed E-state index contributed by atoms with van der Waals surface area (Å²) in [5, 5.41) is 10.5. The Morgan fingerprint density at radius 2 is 2.14 bits per heavy atom. The minimum atomic E-state index is -0.690. The molecule has 0 aliphatic carbocycles. The zero-order valence-corrected chi connectivity index (χ0v) is 12.8. The average molecular weight is 307 g/mol. The van der Waals surface area contributed by atoms with Crippen molar-refractivity contribution >= 4 is 27.5 Å². The van der Waals surface area contributed by atoms with Crippen LogP contribution in [-0.2, 0) is 0 Å². The van der Waals surface area contributed by atoms with E-state index < -0.39 is 5.60 Å². The van der Waals surface area contributed by atoms with E-state index in [1.54, 1.807) is 18.7 Å². The van der Waals surface area contributed by atoms with E-state index in [0.717, 1.165) is 0 Å². The fourth-order valence-corrected chi connectivity index (χ4v) is 3.74. The molecule has 3 heterocycles. The lowest BCUT2D eigenvalue weighted by Crippen LogP contribution is -2.45. The third-order valence-electron chi connectivity index (χ3n) is 4.05. The standard InChI is InChI=1S/C14H17N3O3S/c1-8-9-11(18)15-7-16-12(9)21-10(8)13(19)17-5-3-14(2,20)4-6-17/h7,20H,3-6H2,1-2H3,(H,15,16,18). The van der Waals surface area contributed by atoms with Crippen LogP contribution in [0.1, 0.15) is 35.0 Å². The Labute approximate surface area is 125 Å². The number of fused-ring (bicyclic) bond motifs is 1. The van der Waals surface area contributed by atoms with Gasteiger partial charge in [0, 0.05) is 13.1 Å². The van der Waals surface area contributed by atoms with Crippen molar-refractivity contribution in [1.29, 1.82) is 0 Å². The van der Waals surface area contributed by atoms with E-state index in [1.807, 2.05) is 0 Å². The molecule has 3 rings (SSSR count). The van der Waals surface area contributed by atoms with Crippen molar-refractivity contribution < 1.29 is 9.90 Å². The third-order valence-corrected chi connectivity index (χ3v) is 5.24. The van der Waals surface area contributed by atoms with Crippen LogP contribution in [0.5, 0.6) is 0 Å². The summed E-state index contributed by atoms with van der Waals surface area (Å²) in [4.78, 5) is 34.0. The number of carbonyl (C=O) groups excluding carboxylic acids is 1. The predicted octanol–water partition coefficient (Wildman–Crippen LogP) is 1.28. The monoisotopic (exact) mass is 307 g/mol. The minimum absolute atomic E-state index is 0.0783. The number of rotatable bonds is 1. The van der Waals surface area contributed by atoms with E-state index in [2.05, 4.69) is 9.97 Å². The molecule has 0 saturated carbocycles. The molecule has 21 heavy (non-hydrogen) atoms. The van der Waals surface area contributed by atoms with E-state index in [0.29, 0.717) is 46.6 Å². The number of hydrogen-bond donors (Lipinski definition) is 2. The van der Waals surface area contributed by atoms with Gasteiger partial charge in [0.1, 0.15) is 4.83 Å². The molecule has 1 fully saturated rings. The van der Waals surface area contributed by atoms with Gasteiger partial charge in [-0.3, -0.25) is 9.59 Å². The Bertz CT molecular complexity index is 752. The number of thiophene rings is 1. The summed E-state index contributed by atoms with van der Waals surface area (Å²) in [7, 11) is 0. The smallest absolute Gasteiger partial charge is 0.264 e. The van der Waals surface area contributed by atoms with Gasteiger partial charge in [-0.2, -0.15) is 0 Å². The second-order valence-electron chi connectivity index (χ2n) is 5.76. The number of aryl methyl sites for hydroxylation is 1. The molecule has 1 amide bonds. The maximum absolute atomic E-state index is 12.6. The lowest BCUT2D eigenvalue weighted by atomic mass is 9.94.